The van der Waals surface area contributed by atoms with Crippen molar-refractivity contribution in [3.05, 3.63) is 30.1 Å². The molecular formula is C13H16FN3O2. The number of halogens is 1. The van der Waals surface area contributed by atoms with Crippen molar-refractivity contribution >= 4 is 17.5 Å². The van der Waals surface area contributed by atoms with E-state index >= 15 is 0 Å². The van der Waals surface area contributed by atoms with Crippen LogP contribution in [0, 0.1) is 5.82 Å². The van der Waals surface area contributed by atoms with Crippen molar-refractivity contribution in [1.29, 1.82) is 0 Å². The highest BCUT2D eigenvalue weighted by atomic mass is 19.1. The lowest BCUT2D eigenvalue weighted by Gasteiger charge is -2.18. The monoisotopic (exact) mass is 265 g/mol. The van der Waals surface area contributed by atoms with Crippen molar-refractivity contribution in [1.82, 2.24) is 5.32 Å². The maximum Gasteiger partial charge on any atom is 0.249 e. The van der Waals surface area contributed by atoms with Crippen LogP contribution in [0.3, 0.4) is 0 Å². The van der Waals surface area contributed by atoms with Crippen molar-refractivity contribution in [2.45, 2.75) is 25.4 Å². The number of nitrogens with two attached hydrogens (primary N) is 1. The minimum absolute atomic E-state index is 0.241. The Morgan fingerprint density at radius 3 is 2.84 bits per heavy atom. The van der Waals surface area contributed by atoms with Gasteiger partial charge >= 0.3 is 0 Å². The fourth-order valence-electron chi connectivity index (χ4n) is 2.03. The molecule has 5 nitrogen and oxygen atoms in total. The summed E-state index contributed by atoms with van der Waals surface area (Å²) in [4.78, 5) is 24.9. The highest BCUT2D eigenvalue weighted by Crippen LogP contribution is 2.24. The van der Waals surface area contributed by atoms with Gasteiger partial charge in [-0.3, -0.25) is 9.59 Å². The molecule has 0 radical (unpaired) electrons. The van der Waals surface area contributed by atoms with E-state index in [0.29, 0.717) is 13.0 Å². The molecule has 6 heteroatoms. The average molecular weight is 265 g/mol. The molecule has 1 aromatic rings. The number of anilines is 1. The number of amides is 2. The van der Waals surface area contributed by atoms with Gasteiger partial charge in [0.1, 0.15) is 11.9 Å². The summed E-state index contributed by atoms with van der Waals surface area (Å²) < 4.78 is 13.6. The Morgan fingerprint density at radius 1 is 1.53 bits per heavy atom. The smallest absolute Gasteiger partial charge is 0.249 e. The number of para-hydroxylation sites is 1. The molecule has 1 unspecified atom stereocenters. The van der Waals surface area contributed by atoms with Gasteiger partial charge in [-0.1, -0.05) is 12.1 Å². The van der Waals surface area contributed by atoms with Crippen LogP contribution in [0.2, 0.25) is 0 Å². The Kier molecular flexibility index (Phi) is 3.80. The van der Waals surface area contributed by atoms with E-state index in [-0.39, 0.29) is 17.5 Å². The SMILES string of the molecule is C[C@H](N)C(=O)NC1CCN(c2ccccc2F)C1=O. The Bertz CT molecular complexity index is 504. The molecule has 2 amide bonds. The summed E-state index contributed by atoms with van der Waals surface area (Å²) in [7, 11) is 0. The van der Waals surface area contributed by atoms with Crippen LogP contribution < -0.4 is 16.0 Å². The van der Waals surface area contributed by atoms with E-state index in [1.54, 1.807) is 25.1 Å². The summed E-state index contributed by atoms with van der Waals surface area (Å²) in [5.74, 6) is -1.14. The molecule has 1 aromatic carbocycles. The zero-order valence-electron chi connectivity index (χ0n) is 10.6. The first-order valence-electron chi connectivity index (χ1n) is 6.12. The second-order valence-electron chi connectivity index (χ2n) is 4.58. The minimum atomic E-state index is -0.671. The molecule has 1 aliphatic heterocycles. The maximum atomic E-state index is 13.6. The van der Waals surface area contributed by atoms with Gasteiger partial charge in [0.05, 0.1) is 11.7 Å². The molecule has 0 saturated carbocycles. The Balaban J connectivity index is 2.10. The third-order valence-corrected chi connectivity index (χ3v) is 3.08. The molecule has 1 heterocycles. The normalized spacial score (nSPS) is 20.5. The van der Waals surface area contributed by atoms with Crippen molar-refractivity contribution < 1.29 is 14.0 Å². The molecule has 1 fully saturated rings. The van der Waals surface area contributed by atoms with E-state index < -0.39 is 17.9 Å². The zero-order valence-corrected chi connectivity index (χ0v) is 10.6. The van der Waals surface area contributed by atoms with Crippen LogP contribution in [-0.4, -0.2) is 30.4 Å². The van der Waals surface area contributed by atoms with Gasteiger partial charge in [-0.25, -0.2) is 4.39 Å². The third kappa shape index (κ3) is 2.73. The number of carbonyl (C=O) groups is 2. The summed E-state index contributed by atoms with van der Waals surface area (Å²) in [6.07, 6.45) is 0.450. The standard InChI is InChI=1S/C13H16FN3O2/c1-8(15)12(18)16-10-6-7-17(13(10)19)11-5-3-2-4-9(11)14/h2-5,8,10H,6-7,15H2,1H3,(H,16,18)/t8-,10?/m0/s1. The van der Waals surface area contributed by atoms with Crippen LogP contribution in [-0.2, 0) is 9.59 Å². The Labute approximate surface area is 110 Å². The lowest BCUT2D eigenvalue weighted by Crippen LogP contribution is -2.47. The molecule has 3 N–H and O–H groups in total. The Hall–Kier alpha value is -1.95. The topological polar surface area (TPSA) is 75.4 Å². The fourth-order valence-corrected chi connectivity index (χ4v) is 2.03. The molecule has 1 saturated heterocycles. The minimum Gasteiger partial charge on any atom is -0.343 e. The van der Waals surface area contributed by atoms with Crippen LogP contribution in [0.1, 0.15) is 13.3 Å². The fraction of sp³-hybridized carbons (Fsp3) is 0.385. The van der Waals surface area contributed by atoms with Gasteiger partial charge in [0, 0.05) is 6.54 Å². The van der Waals surface area contributed by atoms with Gasteiger partial charge < -0.3 is 16.0 Å². The molecular weight excluding hydrogens is 249 g/mol. The molecule has 0 bridgehead atoms. The lowest BCUT2D eigenvalue weighted by molar-refractivity contribution is -0.127. The quantitative estimate of drug-likeness (QED) is 0.830. The van der Waals surface area contributed by atoms with Crippen LogP contribution in [0.4, 0.5) is 10.1 Å². The van der Waals surface area contributed by atoms with Gasteiger partial charge in [-0.05, 0) is 25.5 Å². The first-order valence-corrected chi connectivity index (χ1v) is 6.12. The van der Waals surface area contributed by atoms with Crippen molar-refractivity contribution in [3.63, 3.8) is 0 Å². The largest absolute Gasteiger partial charge is 0.343 e. The van der Waals surface area contributed by atoms with Crippen molar-refractivity contribution in [3.8, 4) is 0 Å². The van der Waals surface area contributed by atoms with Crippen LogP contribution in [0.25, 0.3) is 0 Å². The van der Waals surface area contributed by atoms with Gasteiger partial charge in [0.25, 0.3) is 0 Å². The second-order valence-corrected chi connectivity index (χ2v) is 4.58. The summed E-state index contributed by atoms with van der Waals surface area (Å²) in [6.45, 7) is 1.92. The molecule has 0 spiro atoms. The number of carbonyl (C=O) groups excluding carboxylic acids is 2. The van der Waals surface area contributed by atoms with E-state index in [0.717, 1.165) is 0 Å². The van der Waals surface area contributed by atoms with Gasteiger partial charge in [0.2, 0.25) is 11.8 Å². The molecule has 0 aliphatic carbocycles. The molecule has 0 aromatic heterocycles. The highest BCUT2D eigenvalue weighted by Gasteiger charge is 2.34. The average Bonchev–Trinajstić information content (AvgIpc) is 2.72. The Morgan fingerprint density at radius 2 is 2.21 bits per heavy atom. The zero-order chi connectivity index (χ0) is 14.0. The molecule has 19 heavy (non-hydrogen) atoms. The predicted molar refractivity (Wildman–Crippen MR) is 69.0 cm³/mol. The predicted octanol–water partition coefficient (Wildman–Crippen LogP) is 0.394. The van der Waals surface area contributed by atoms with Crippen LogP contribution >= 0.6 is 0 Å². The summed E-state index contributed by atoms with van der Waals surface area (Å²) in [5.41, 5.74) is 5.67. The van der Waals surface area contributed by atoms with E-state index in [4.69, 9.17) is 5.73 Å². The number of hydrogen-bond donors (Lipinski definition) is 2. The van der Waals surface area contributed by atoms with E-state index in [1.807, 2.05) is 0 Å². The van der Waals surface area contributed by atoms with E-state index in [9.17, 15) is 14.0 Å². The van der Waals surface area contributed by atoms with Gasteiger partial charge in [-0.15, -0.1) is 0 Å². The summed E-state index contributed by atoms with van der Waals surface area (Å²) in [5, 5.41) is 2.57. The molecule has 102 valence electrons. The number of nitrogens with one attached hydrogen (secondary N) is 1. The van der Waals surface area contributed by atoms with E-state index in [1.165, 1.54) is 11.0 Å². The molecule has 1 aliphatic rings. The number of rotatable bonds is 3. The second kappa shape index (κ2) is 5.36. The molecule has 2 atom stereocenters. The lowest BCUT2D eigenvalue weighted by atomic mass is 10.2. The number of hydrogen-bond acceptors (Lipinski definition) is 3. The van der Waals surface area contributed by atoms with Crippen molar-refractivity contribution in [2.24, 2.45) is 5.73 Å². The first kappa shape index (κ1) is 13.5. The third-order valence-electron chi connectivity index (χ3n) is 3.08. The maximum absolute atomic E-state index is 13.6. The van der Waals surface area contributed by atoms with Crippen LogP contribution in [0.15, 0.2) is 24.3 Å². The van der Waals surface area contributed by atoms with Crippen molar-refractivity contribution in [2.75, 3.05) is 11.4 Å². The van der Waals surface area contributed by atoms with Gasteiger partial charge in [-0.2, -0.15) is 0 Å². The summed E-state index contributed by atoms with van der Waals surface area (Å²) >= 11 is 0. The summed E-state index contributed by atoms with van der Waals surface area (Å²) in [6, 6.07) is 4.78. The number of nitrogens with zero attached hydrogens (tertiary/aromatic N) is 1. The van der Waals surface area contributed by atoms with Gasteiger partial charge in [0.15, 0.2) is 0 Å². The molecule has 2 rings (SSSR count). The van der Waals surface area contributed by atoms with E-state index in [2.05, 4.69) is 5.32 Å². The first-order chi connectivity index (χ1) is 9.00. The highest BCUT2D eigenvalue weighted by molar-refractivity contribution is 6.01. The van der Waals surface area contributed by atoms with Crippen LogP contribution in [0.5, 0.6) is 0 Å². The number of benzene rings is 1.